The molecule has 0 unspecified atom stereocenters. The van der Waals surface area contributed by atoms with Crippen molar-refractivity contribution in [1.29, 1.82) is 0 Å². The lowest BCUT2D eigenvalue weighted by atomic mass is 9.76. The van der Waals surface area contributed by atoms with Gasteiger partial charge in [-0.3, -0.25) is 10.1 Å². The molecule has 1 aromatic rings. The Bertz CT molecular complexity index is 487. The van der Waals surface area contributed by atoms with Gasteiger partial charge in [-0.15, -0.1) is 0 Å². The van der Waals surface area contributed by atoms with E-state index in [-0.39, 0.29) is 11.1 Å². The van der Waals surface area contributed by atoms with Crippen LogP contribution in [0.2, 0.25) is 0 Å². The first-order valence-electron chi connectivity index (χ1n) is 6.69. The predicted molar refractivity (Wildman–Crippen MR) is 85.6 cm³/mol. The second kappa shape index (κ2) is 6.89. The number of non-ortho nitro benzene ring substituents is 1. The lowest BCUT2D eigenvalue weighted by molar-refractivity contribution is -0.385. The minimum absolute atomic E-state index is 0.0553. The quantitative estimate of drug-likeness (QED) is 0.389. The Kier molecular flexibility index (Phi) is 5.43. The normalized spacial score (nSPS) is 17.7. The second-order valence-electron chi connectivity index (χ2n) is 5.35. The molecule has 6 heteroatoms. The fourth-order valence-electron chi connectivity index (χ4n) is 2.57. The van der Waals surface area contributed by atoms with Crippen LogP contribution in [-0.4, -0.2) is 16.9 Å². The van der Waals surface area contributed by atoms with Crippen LogP contribution in [0.5, 0.6) is 5.75 Å². The minimum Gasteiger partial charge on any atom is -0.492 e. The molecule has 0 amide bonds. The number of hydrogen-bond acceptors (Lipinski definition) is 3. The predicted octanol–water partition coefficient (Wildman–Crippen LogP) is 5.08. The molecule has 1 aliphatic rings. The smallest absolute Gasteiger partial charge is 0.273 e. The zero-order valence-electron chi connectivity index (χ0n) is 11.1. The highest BCUT2D eigenvalue weighted by atomic mass is 79.9. The van der Waals surface area contributed by atoms with Crippen molar-refractivity contribution in [3.05, 3.63) is 32.8 Å². The molecule has 1 aliphatic carbocycles. The van der Waals surface area contributed by atoms with E-state index in [9.17, 15) is 10.1 Å². The van der Waals surface area contributed by atoms with E-state index in [4.69, 9.17) is 4.74 Å². The fraction of sp³-hybridized carbons (Fsp3) is 0.571. The third-order valence-corrected chi connectivity index (χ3v) is 5.70. The lowest BCUT2D eigenvalue weighted by Crippen LogP contribution is -2.32. The van der Waals surface area contributed by atoms with Crippen LogP contribution < -0.4 is 4.74 Å². The zero-order chi connectivity index (χ0) is 14.6. The first-order valence-corrected chi connectivity index (χ1v) is 8.60. The van der Waals surface area contributed by atoms with Crippen LogP contribution in [-0.2, 0) is 0 Å². The monoisotopic (exact) mass is 405 g/mol. The van der Waals surface area contributed by atoms with Crippen molar-refractivity contribution in [2.75, 3.05) is 11.9 Å². The van der Waals surface area contributed by atoms with Gasteiger partial charge in [0, 0.05) is 16.8 Å². The number of rotatable bonds is 5. The van der Waals surface area contributed by atoms with E-state index < -0.39 is 4.92 Å². The molecule has 1 aromatic carbocycles. The van der Waals surface area contributed by atoms with Crippen molar-refractivity contribution < 1.29 is 9.66 Å². The molecule has 0 radical (unpaired) electrons. The van der Waals surface area contributed by atoms with Gasteiger partial charge >= 0.3 is 0 Å². The van der Waals surface area contributed by atoms with Gasteiger partial charge in [0.25, 0.3) is 5.69 Å². The van der Waals surface area contributed by atoms with Crippen molar-refractivity contribution in [3.8, 4) is 5.75 Å². The number of nitro groups is 1. The Labute approximate surface area is 135 Å². The molecule has 1 saturated carbocycles. The van der Waals surface area contributed by atoms with Gasteiger partial charge in [0.2, 0.25) is 0 Å². The van der Waals surface area contributed by atoms with Crippen LogP contribution in [0.4, 0.5) is 5.69 Å². The summed E-state index contributed by atoms with van der Waals surface area (Å²) in [6, 6.07) is 4.61. The summed E-state index contributed by atoms with van der Waals surface area (Å²) in [7, 11) is 0. The first-order chi connectivity index (χ1) is 9.56. The topological polar surface area (TPSA) is 52.4 Å². The molecule has 2 rings (SSSR count). The summed E-state index contributed by atoms with van der Waals surface area (Å²) in [4.78, 5) is 10.4. The molecule has 0 saturated heterocycles. The third-order valence-electron chi connectivity index (χ3n) is 3.86. The number of halogens is 2. The maximum Gasteiger partial charge on any atom is 0.273 e. The summed E-state index contributed by atoms with van der Waals surface area (Å²) in [6.07, 6.45) is 6.03. The van der Waals surface area contributed by atoms with Crippen LogP contribution in [0.1, 0.15) is 32.1 Å². The Morgan fingerprint density at radius 2 is 2.00 bits per heavy atom. The summed E-state index contributed by atoms with van der Waals surface area (Å²) in [5.41, 5.74) is 0.210. The summed E-state index contributed by atoms with van der Waals surface area (Å²) in [5.74, 6) is 0.546. The molecule has 1 fully saturated rings. The molecule has 0 spiro atoms. The summed E-state index contributed by atoms with van der Waals surface area (Å²) >= 11 is 6.98. The standard InChI is InChI=1S/C14H17Br2NO3/c15-9-14(6-2-1-3-7-14)10-20-13-8-11(17(18)19)4-5-12(13)16/h4-5,8H,1-3,6-7,9-10H2. The fourth-order valence-corrected chi connectivity index (χ4v) is 3.65. The molecule has 4 nitrogen and oxygen atoms in total. The van der Waals surface area contributed by atoms with Crippen molar-refractivity contribution in [2.24, 2.45) is 5.41 Å². The summed E-state index contributed by atoms with van der Waals surface area (Å²) in [6.45, 7) is 0.595. The molecule has 110 valence electrons. The third kappa shape index (κ3) is 3.73. The highest BCUT2D eigenvalue weighted by molar-refractivity contribution is 9.10. The van der Waals surface area contributed by atoms with Crippen molar-refractivity contribution in [1.82, 2.24) is 0 Å². The molecule has 0 atom stereocenters. The molecule has 0 heterocycles. The van der Waals surface area contributed by atoms with Gasteiger partial charge in [-0.05, 0) is 34.8 Å². The minimum atomic E-state index is -0.403. The van der Waals surface area contributed by atoms with Gasteiger partial charge in [0.1, 0.15) is 5.75 Å². The van der Waals surface area contributed by atoms with E-state index in [2.05, 4.69) is 31.9 Å². The number of benzene rings is 1. The van der Waals surface area contributed by atoms with Gasteiger partial charge in [-0.25, -0.2) is 0 Å². The van der Waals surface area contributed by atoms with Gasteiger partial charge in [-0.2, -0.15) is 0 Å². The zero-order valence-corrected chi connectivity index (χ0v) is 14.3. The molecule has 0 bridgehead atoms. The first kappa shape index (κ1) is 15.8. The van der Waals surface area contributed by atoms with Crippen molar-refractivity contribution >= 4 is 37.5 Å². The lowest BCUT2D eigenvalue weighted by Gasteiger charge is -2.35. The van der Waals surface area contributed by atoms with Gasteiger partial charge < -0.3 is 4.74 Å². The Morgan fingerprint density at radius 3 is 2.60 bits per heavy atom. The Hall–Kier alpha value is -0.620. The van der Waals surface area contributed by atoms with Crippen molar-refractivity contribution in [3.63, 3.8) is 0 Å². The van der Waals surface area contributed by atoms with Gasteiger partial charge in [-0.1, -0.05) is 35.2 Å². The average molecular weight is 407 g/mol. The van der Waals surface area contributed by atoms with E-state index in [1.807, 2.05) is 0 Å². The number of nitro benzene ring substituents is 1. The largest absolute Gasteiger partial charge is 0.492 e. The highest BCUT2D eigenvalue weighted by Crippen LogP contribution is 2.39. The SMILES string of the molecule is O=[N+]([O-])c1ccc(Br)c(OCC2(CBr)CCCCC2)c1. The van der Waals surface area contributed by atoms with Gasteiger partial charge in [0.15, 0.2) is 0 Å². The van der Waals surface area contributed by atoms with Crippen LogP contribution in [0.25, 0.3) is 0 Å². The maximum absolute atomic E-state index is 10.8. The Morgan fingerprint density at radius 1 is 1.30 bits per heavy atom. The van der Waals surface area contributed by atoms with E-state index >= 15 is 0 Å². The number of hydrogen-bond donors (Lipinski definition) is 0. The van der Waals surface area contributed by atoms with E-state index in [0.717, 1.165) is 22.6 Å². The number of ether oxygens (including phenoxy) is 1. The molecular formula is C14H17Br2NO3. The summed E-state index contributed by atoms with van der Waals surface area (Å²) in [5, 5.41) is 11.7. The summed E-state index contributed by atoms with van der Waals surface area (Å²) < 4.78 is 6.63. The number of alkyl halides is 1. The molecular weight excluding hydrogens is 390 g/mol. The molecule has 0 N–H and O–H groups in total. The van der Waals surface area contributed by atoms with Crippen LogP contribution >= 0.6 is 31.9 Å². The van der Waals surface area contributed by atoms with Gasteiger partial charge in [0.05, 0.1) is 22.1 Å². The van der Waals surface area contributed by atoms with Crippen molar-refractivity contribution in [2.45, 2.75) is 32.1 Å². The van der Waals surface area contributed by atoms with E-state index in [0.29, 0.717) is 12.4 Å². The Balaban J connectivity index is 2.09. The maximum atomic E-state index is 10.8. The second-order valence-corrected chi connectivity index (χ2v) is 6.77. The highest BCUT2D eigenvalue weighted by Gasteiger charge is 2.32. The molecule has 0 aromatic heterocycles. The molecule has 20 heavy (non-hydrogen) atoms. The van der Waals surface area contributed by atoms with E-state index in [1.54, 1.807) is 6.07 Å². The number of nitrogens with zero attached hydrogens (tertiary/aromatic N) is 1. The molecule has 0 aliphatic heterocycles. The van der Waals surface area contributed by atoms with Crippen LogP contribution in [0.3, 0.4) is 0 Å². The average Bonchev–Trinajstić information content (AvgIpc) is 2.47. The van der Waals surface area contributed by atoms with E-state index in [1.165, 1.54) is 31.4 Å². The van der Waals surface area contributed by atoms with Crippen LogP contribution in [0.15, 0.2) is 22.7 Å². The van der Waals surface area contributed by atoms with Crippen LogP contribution in [0, 0.1) is 15.5 Å².